The molecular weight excluding hydrogens is 184 g/mol. The molecule has 0 heterocycles. The van der Waals surface area contributed by atoms with Gasteiger partial charge in [0.1, 0.15) is 0 Å². The predicted octanol–water partition coefficient (Wildman–Crippen LogP) is 2.24. The number of rotatable bonds is 5. The smallest absolute Gasteiger partial charge is 0.0243 e. The van der Waals surface area contributed by atoms with Gasteiger partial charge in [-0.05, 0) is 44.6 Å². The van der Waals surface area contributed by atoms with Crippen LogP contribution in [0.3, 0.4) is 0 Å². The first-order valence-electron chi connectivity index (χ1n) is 6.71. The van der Waals surface area contributed by atoms with Gasteiger partial charge in [-0.1, -0.05) is 19.3 Å². The van der Waals surface area contributed by atoms with Crippen LogP contribution in [-0.4, -0.2) is 31.1 Å². The number of hydrogen-bond acceptors (Lipinski definition) is 2. The number of likely N-dealkylation sites (N-methyl/N-ethyl adjacent to an activating group) is 1. The van der Waals surface area contributed by atoms with E-state index < -0.39 is 0 Å². The van der Waals surface area contributed by atoms with E-state index >= 15 is 0 Å². The summed E-state index contributed by atoms with van der Waals surface area (Å²) < 4.78 is 0. The highest BCUT2D eigenvalue weighted by molar-refractivity contribution is 4.84. The Labute approximate surface area is 94.2 Å². The zero-order valence-electron chi connectivity index (χ0n) is 10.1. The lowest BCUT2D eigenvalue weighted by Crippen LogP contribution is -2.44. The molecule has 1 atom stereocenters. The molecule has 2 saturated carbocycles. The molecule has 15 heavy (non-hydrogen) atoms. The van der Waals surface area contributed by atoms with Crippen molar-refractivity contribution in [2.75, 3.05) is 20.1 Å². The average Bonchev–Trinajstić information content (AvgIpc) is 3.04. The Balaban J connectivity index is 1.82. The van der Waals surface area contributed by atoms with Crippen LogP contribution in [0.1, 0.15) is 44.9 Å². The molecule has 2 fully saturated rings. The summed E-state index contributed by atoms with van der Waals surface area (Å²) in [4.78, 5) is 2.55. The van der Waals surface area contributed by atoms with E-state index in [1.54, 1.807) is 0 Å². The Bertz CT molecular complexity index is 183. The third kappa shape index (κ3) is 3.18. The maximum absolute atomic E-state index is 5.96. The van der Waals surface area contributed by atoms with Gasteiger partial charge in [0.2, 0.25) is 0 Å². The van der Waals surface area contributed by atoms with Gasteiger partial charge in [-0.2, -0.15) is 0 Å². The van der Waals surface area contributed by atoms with Crippen molar-refractivity contribution in [1.29, 1.82) is 0 Å². The molecule has 2 heteroatoms. The molecule has 1 unspecified atom stereocenters. The molecule has 2 aliphatic rings. The van der Waals surface area contributed by atoms with Crippen LogP contribution in [0.15, 0.2) is 0 Å². The van der Waals surface area contributed by atoms with E-state index in [9.17, 15) is 0 Å². The van der Waals surface area contributed by atoms with Crippen molar-refractivity contribution in [3.63, 3.8) is 0 Å². The van der Waals surface area contributed by atoms with Crippen molar-refractivity contribution in [3.05, 3.63) is 0 Å². The molecule has 0 radical (unpaired) electrons. The van der Waals surface area contributed by atoms with Crippen LogP contribution in [0.5, 0.6) is 0 Å². The fraction of sp³-hybridized carbons (Fsp3) is 1.00. The van der Waals surface area contributed by atoms with E-state index in [2.05, 4.69) is 11.9 Å². The Morgan fingerprint density at radius 2 is 1.80 bits per heavy atom. The Hall–Kier alpha value is -0.0800. The lowest BCUT2D eigenvalue weighted by atomic mass is 9.83. The third-order valence-electron chi connectivity index (χ3n) is 4.24. The monoisotopic (exact) mass is 210 g/mol. The zero-order valence-corrected chi connectivity index (χ0v) is 10.1. The Morgan fingerprint density at radius 3 is 2.33 bits per heavy atom. The van der Waals surface area contributed by atoms with Gasteiger partial charge in [-0.3, -0.25) is 0 Å². The van der Waals surface area contributed by atoms with Gasteiger partial charge < -0.3 is 10.6 Å². The first kappa shape index (κ1) is 11.4. The Kier molecular flexibility index (Phi) is 4.04. The van der Waals surface area contributed by atoms with Crippen LogP contribution in [0.25, 0.3) is 0 Å². The average molecular weight is 210 g/mol. The van der Waals surface area contributed by atoms with Gasteiger partial charge in [-0.25, -0.2) is 0 Å². The van der Waals surface area contributed by atoms with E-state index in [0.29, 0.717) is 6.04 Å². The van der Waals surface area contributed by atoms with Crippen LogP contribution < -0.4 is 5.73 Å². The second-order valence-corrected chi connectivity index (χ2v) is 5.58. The van der Waals surface area contributed by atoms with Crippen LogP contribution in [0, 0.1) is 11.8 Å². The topological polar surface area (TPSA) is 29.3 Å². The quantitative estimate of drug-likeness (QED) is 0.754. The van der Waals surface area contributed by atoms with Crippen molar-refractivity contribution < 1.29 is 0 Å². The van der Waals surface area contributed by atoms with Crippen molar-refractivity contribution >= 4 is 0 Å². The number of hydrogen-bond donors (Lipinski definition) is 1. The first-order valence-corrected chi connectivity index (χ1v) is 6.71. The van der Waals surface area contributed by atoms with Crippen molar-refractivity contribution in [2.45, 2.75) is 51.0 Å². The summed E-state index contributed by atoms with van der Waals surface area (Å²) in [5.74, 6) is 1.88. The normalized spacial score (nSPS) is 25.8. The maximum atomic E-state index is 5.96. The minimum atomic E-state index is 0.658. The molecule has 2 N–H and O–H groups in total. The molecule has 2 rings (SSSR count). The molecule has 0 aromatic heterocycles. The van der Waals surface area contributed by atoms with Gasteiger partial charge in [0.25, 0.3) is 0 Å². The van der Waals surface area contributed by atoms with Gasteiger partial charge >= 0.3 is 0 Å². The minimum absolute atomic E-state index is 0.658. The molecule has 0 spiro atoms. The molecule has 2 nitrogen and oxygen atoms in total. The summed E-state index contributed by atoms with van der Waals surface area (Å²) in [5, 5.41) is 0. The molecule has 0 saturated heterocycles. The van der Waals surface area contributed by atoms with Crippen molar-refractivity contribution in [1.82, 2.24) is 4.90 Å². The summed E-state index contributed by atoms with van der Waals surface area (Å²) in [6.07, 6.45) is 10.0. The standard InChI is InChI=1S/C13H26N2/c1-15(10-11-7-8-11)13(9-14)12-5-3-2-4-6-12/h11-13H,2-10,14H2,1H3. The lowest BCUT2D eigenvalue weighted by Gasteiger charge is -2.36. The van der Waals surface area contributed by atoms with E-state index in [1.165, 1.54) is 51.5 Å². The molecule has 88 valence electrons. The molecule has 0 aliphatic heterocycles. The SMILES string of the molecule is CN(CC1CC1)C(CN)C1CCCCC1. The molecule has 2 aliphatic carbocycles. The summed E-state index contributed by atoms with van der Waals surface area (Å²) in [5.41, 5.74) is 5.96. The predicted molar refractivity (Wildman–Crippen MR) is 64.8 cm³/mol. The second kappa shape index (κ2) is 5.31. The largest absolute Gasteiger partial charge is 0.329 e. The van der Waals surface area contributed by atoms with Crippen LogP contribution >= 0.6 is 0 Å². The number of nitrogens with two attached hydrogens (primary N) is 1. The van der Waals surface area contributed by atoms with Crippen molar-refractivity contribution in [3.8, 4) is 0 Å². The molecule has 0 amide bonds. The maximum Gasteiger partial charge on any atom is 0.0243 e. The van der Waals surface area contributed by atoms with Crippen LogP contribution in [0.2, 0.25) is 0 Å². The van der Waals surface area contributed by atoms with Crippen LogP contribution in [-0.2, 0) is 0 Å². The van der Waals surface area contributed by atoms with Gasteiger partial charge in [0.15, 0.2) is 0 Å². The summed E-state index contributed by atoms with van der Waals surface area (Å²) >= 11 is 0. The highest BCUT2D eigenvalue weighted by atomic mass is 15.1. The fourth-order valence-electron chi connectivity index (χ4n) is 3.09. The van der Waals surface area contributed by atoms with Crippen LogP contribution in [0.4, 0.5) is 0 Å². The van der Waals surface area contributed by atoms with Gasteiger partial charge in [-0.15, -0.1) is 0 Å². The Morgan fingerprint density at radius 1 is 1.13 bits per heavy atom. The lowest BCUT2D eigenvalue weighted by molar-refractivity contribution is 0.144. The molecule has 0 aromatic carbocycles. The van der Waals surface area contributed by atoms with Gasteiger partial charge in [0, 0.05) is 19.1 Å². The van der Waals surface area contributed by atoms with Crippen molar-refractivity contribution in [2.24, 2.45) is 17.6 Å². The third-order valence-corrected chi connectivity index (χ3v) is 4.24. The van der Waals surface area contributed by atoms with E-state index in [-0.39, 0.29) is 0 Å². The first-order chi connectivity index (χ1) is 7.31. The molecule has 0 aromatic rings. The molecule has 0 bridgehead atoms. The fourth-order valence-corrected chi connectivity index (χ4v) is 3.09. The van der Waals surface area contributed by atoms with E-state index in [4.69, 9.17) is 5.73 Å². The second-order valence-electron chi connectivity index (χ2n) is 5.58. The zero-order chi connectivity index (χ0) is 10.7. The summed E-state index contributed by atoms with van der Waals surface area (Å²) in [7, 11) is 2.28. The van der Waals surface area contributed by atoms with E-state index in [1.807, 2.05) is 0 Å². The highest BCUT2D eigenvalue weighted by Gasteiger charge is 2.30. The summed E-state index contributed by atoms with van der Waals surface area (Å²) in [6, 6.07) is 0.658. The summed E-state index contributed by atoms with van der Waals surface area (Å²) in [6.45, 7) is 2.15. The molecular formula is C13H26N2. The highest BCUT2D eigenvalue weighted by Crippen LogP contribution is 2.33. The van der Waals surface area contributed by atoms with Gasteiger partial charge in [0.05, 0.1) is 0 Å². The number of nitrogens with zero attached hydrogens (tertiary/aromatic N) is 1. The van der Waals surface area contributed by atoms with E-state index in [0.717, 1.165) is 18.4 Å². The minimum Gasteiger partial charge on any atom is -0.329 e.